The third kappa shape index (κ3) is 3.96. The molecule has 0 saturated carbocycles. The van der Waals surface area contributed by atoms with Crippen LogP contribution in [0, 0.1) is 0 Å². The SMILES string of the molecule is COc1ccc(C[C@@H](C)N2C[C@@H](c3cccc(Br)c3)OC2=O)c(OC)c1. The summed E-state index contributed by atoms with van der Waals surface area (Å²) in [5.74, 6) is 1.50. The van der Waals surface area contributed by atoms with Gasteiger partial charge in [-0.3, -0.25) is 0 Å². The molecule has 1 saturated heterocycles. The summed E-state index contributed by atoms with van der Waals surface area (Å²) in [6.07, 6.45) is 0.142. The molecular formula is C20H22BrNO4. The standard InChI is InChI=1S/C20H22BrNO4/c1-13(9-15-7-8-17(24-2)11-18(15)25-3)22-12-19(26-20(22)23)14-5-4-6-16(21)10-14/h4-8,10-11,13,19H,9,12H2,1-3H3/t13-,19+/m1/s1. The molecule has 0 unspecified atom stereocenters. The van der Waals surface area contributed by atoms with Crippen LogP contribution in [0.25, 0.3) is 0 Å². The lowest BCUT2D eigenvalue weighted by Crippen LogP contribution is -2.35. The van der Waals surface area contributed by atoms with Gasteiger partial charge in [0.15, 0.2) is 0 Å². The number of carbonyl (C=O) groups is 1. The number of methoxy groups -OCH3 is 2. The minimum atomic E-state index is -0.282. The first-order valence-electron chi connectivity index (χ1n) is 8.45. The zero-order valence-electron chi connectivity index (χ0n) is 15.1. The van der Waals surface area contributed by atoms with Gasteiger partial charge in [0.1, 0.15) is 17.6 Å². The Hall–Kier alpha value is -2.21. The molecule has 0 aromatic heterocycles. The van der Waals surface area contributed by atoms with Crippen molar-refractivity contribution in [2.45, 2.75) is 25.5 Å². The summed E-state index contributed by atoms with van der Waals surface area (Å²) in [6, 6.07) is 13.6. The molecule has 1 heterocycles. The van der Waals surface area contributed by atoms with Crippen LogP contribution >= 0.6 is 15.9 Å². The highest BCUT2D eigenvalue weighted by molar-refractivity contribution is 9.10. The van der Waals surface area contributed by atoms with E-state index in [1.807, 2.05) is 49.4 Å². The number of halogens is 1. The highest BCUT2D eigenvalue weighted by Crippen LogP contribution is 2.31. The number of ether oxygens (including phenoxy) is 3. The molecule has 6 heteroatoms. The molecule has 3 rings (SSSR count). The maximum atomic E-state index is 12.4. The zero-order valence-corrected chi connectivity index (χ0v) is 16.7. The average Bonchev–Trinajstić information content (AvgIpc) is 3.04. The molecular weight excluding hydrogens is 398 g/mol. The highest BCUT2D eigenvalue weighted by atomic mass is 79.9. The van der Waals surface area contributed by atoms with Crippen LogP contribution in [0.15, 0.2) is 46.9 Å². The summed E-state index contributed by atoms with van der Waals surface area (Å²) in [6.45, 7) is 2.56. The smallest absolute Gasteiger partial charge is 0.410 e. The number of hydrogen-bond acceptors (Lipinski definition) is 4. The molecule has 1 fully saturated rings. The Labute approximate surface area is 162 Å². The van der Waals surface area contributed by atoms with Crippen molar-refractivity contribution in [1.82, 2.24) is 4.90 Å². The van der Waals surface area contributed by atoms with E-state index in [-0.39, 0.29) is 18.2 Å². The van der Waals surface area contributed by atoms with Crippen LogP contribution in [0.1, 0.15) is 24.2 Å². The second-order valence-electron chi connectivity index (χ2n) is 6.31. The molecule has 5 nitrogen and oxygen atoms in total. The topological polar surface area (TPSA) is 48.0 Å². The molecule has 2 aromatic rings. The fourth-order valence-corrected chi connectivity index (χ4v) is 3.59. The molecule has 1 aliphatic rings. The maximum Gasteiger partial charge on any atom is 0.410 e. The summed E-state index contributed by atoms with van der Waals surface area (Å²) in [7, 11) is 3.26. The lowest BCUT2D eigenvalue weighted by molar-refractivity contribution is 0.129. The van der Waals surface area contributed by atoms with E-state index in [9.17, 15) is 4.79 Å². The molecule has 1 amide bonds. The van der Waals surface area contributed by atoms with Gasteiger partial charge in [-0.05, 0) is 42.7 Å². The fourth-order valence-electron chi connectivity index (χ4n) is 3.17. The molecule has 2 atom stereocenters. The fraction of sp³-hybridized carbons (Fsp3) is 0.350. The van der Waals surface area contributed by atoms with Gasteiger partial charge in [0, 0.05) is 16.6 Å². The summed E-state index contributed by atoms with van der Waals surface area (Å²) in [4.78, 5) is 14.1. The first-order valence-corrected chi connectivity index (χ1v) is 9.24. The van der Waals surface area contributed by atoms with E-state index >= 15 is 0 Å². The van der Waals surface area contributed by atoms with Crippen LogP contribution in [0.5, 0.6) is 11.5 Å². The Balaban J connectivity index is 1.72. The molecule has 0 aliphatic carbocycles. The van der Waals surface area contributed by atoms with Crippen LogP contribution in [0.3, 0.4) is 0 Å². The van der Waals surface area contributed by atoms with E-state index in [2.05, 4.69) is 15.9 Å². The number of amides is 1. The Bertz CT molecular complexity index is 795. The summed E-state index contributed by atoms with van der Waals surface area (Å²) < 4.78 is 17.3. The molecule has 26 heavy (non-hydrogen) atoms. The number of nitrogens with zero attached hydrogens (tertiary/aromatic N) is 1. The van der Waals surface area contributed by atoms with Crippen molar-refractivity contribution in [1.29, 1.82) is 0 Å². The van der Waals surface area contributed by atoms with Gasteiger partial charge in [0.05, 0.1) is 20.8 Å². The highest BCUT2D eigenvalue weighted by Gasteiger charge is 2.35. The normalized spacial score (nSPS) is 17.8. The van der Waals surface area contributed by atoms with Crippen molar-refractivity contribution in [3.05, 3.63) is 58.1 Å². The minimum Gasteiger partial charge on any atom is -0.497 e. The molecule has 138 valence electrons. The second-order valence-corrected chi connectivity index (χ2v) is 7.23. The van der Waals surface area contributed by atoms with Crippen LogP contribution in [-0.2, 0) is 11.2 Å². The van der Waals surface area contributed by atoms with E-state index in [0.717, 1.165) is 27.1 Å². The van der Waals surface area contributed by atoms with E-state index < -0.39 is 0 Å². The molecule has 0 N–H and O–H groups in total. The van der Waals surface area contributed by atoms with Crippen LogP contribution in [0.2, 0.25) is 0 Å². The van der Waals surface area contributed by atoms with Crippen molar-refractivity contribution >= 4 is 22.0 Å². The monoisotopic (exact) mass is 419 g/mol. The average molecular weight is 420 g/mol. The predicted molar refractivity (Wildman–Crippen MR) is 103 cm³/mol. The summed E-state index contributed by atoms with van der Waals surface area (Å²) in [5, 5.41) is 0. The first kappa shape index (κ1) is 18.6. The van der Waals surface area contributed by atoms with E-state index in [0.29, 0.717) is 13.0 Å². The number of carbonyl (C=O) groups excluding carboxylic acids is 1. The van der Waals surface area contributed by atoms with E-state index in [1.54, 1.807) is 19.1 Å². The quantitative estimate of drug-likeness (QED) is 0.686. The Kier molecular flexibility index (Phi) is 5.71. The summed E-state index contributed by atoms with van der Waals surface area (Å²) in [5.41, 5.74) is 2.02. The Morgan fingerprint density at radius 1 is 1.23 bits per heavy atom. The van der Waals surface area contributed by atoms with Crippen molar-refractivity contribution in [3.63, 3.8) is 0 Å². The lowest BCUT2D eigenvalue weighted by atomic mass is 10.0. The number of benzene rings is 2. The van der Waals surface area contributed by atoms with Crippen LogP contribution in [-0.4, -0.2) is 37.8 Å². The zero-order chi connectivity index (χ0) is 18.7. The molecule has 0 radical (unpaired) electrons. The van der Waals surface area contributed by atoms with Crippen LogP contribution < -0.4 is 9.47 Å². The van der Waals surface area contributed by atoms with Gasteiger partial charge < -0.3 is 19.1 Å². The molecule has 2 aromatic carbocycles. The van der Waals surface area contributed by atoms with E-state index in [1.165, 1.54) is 0 Å². The Morgan fingerprint density at radius 3 is 2.73 bits per heavy atom. The van der Waals surface area contributed by atoms with E-state index in [4.69, 9.17) is 14.2 Å². The van der Waals surface area contributed by atoms with Crippen molar-refractivity contribution < 1.29 is 19.0 Å². The Morgan fingerprint density at radius 2 is 2.04 bits per heavy atom. The van der Waals surface area contributed by atoms with Gasteiger partial charge in [-0.2, -0.15) is 0 Å². The molecule has 0 spiro atoms. The molecule has 1 aliphatic heterocycles. The van der Waals surface area contributed by atoms with Gasteiger partial charge in [0.25, 0.3) is 0 Å². The van der Waals surface area contributed by atoms with Gasteiger partial charge in [-0.1, -0.05) is 34.1 Å². The number of hydrogen-bond donors (Lipinski definition) is 0. The summed E-state index contributed by atoms with van der Waals surface area (Å²) >= 11 is 3.46. The first-order chi connectivity index (χ1) is 12.5. The largest absolute Gasteiger partial charge is 0.497 e. The molecule has 0 bridgehead atoms. The number of cyclic esters (lactones) is 1. The minimum absolute atomic E-state index is 0.0121. The van der Waals surface area contributed by atoms with Crippen molar-refractivity contribution in [2.24, 2.45) is 0 Å². The van der Waals surface area contributed by atoms with Gasteiger partial charge in [0.2, 0.25) is 0 Å². The van der Waals surface area contributed by atoms with Crippen LogP contribution in [0.4, 0.5) is 4.79 Å². The van der Waals surface area contributed by atoms with Crippen molar-refractivity contribution in [3.8, 4) is 11.5 Å². The maximum absolute atomic E-state index is 12.4. The lowest BCUT2D eigenvalue weighted by Gasteiger charge is -2.23. The van der Waals surface area contributed by atoms with Gasteiger partial charge in [-0.15, -0.1) is 0 Å². The predicted octanol–water partition coefficient (Wildman–Crippen LogP) is 4.59. The number of rotatable bonds is 6. The third-order valence-electron chi connectivity index (χ3n) is 4.60. The third-order valence-corrected chi connectivity index (χ3v) is 5.10. The van der Waals surface area contributed by atoms with Gasteiger partial charge in [-0.25, -0.2) is 4.79 Å². The second kappa shape index (κ2) is 7.99. The van der Waals surface area contributed by atoms with Crippen molar-refractivity contribution in [2.75, 3.05) is 20.8 Å². The van der Waals surface area contributed by atoms with Gasteiger partial charge >= 0.3 is 6.09 Å².